The van der Waals surface area contributed by atoms with Crippen molar-refractivity contribution < 1.29 is 9.53 Å². The van der Waals surface area contributed by atoms with Gasteiger partial charge >= 0.3 is 5.97 Å². The van der Waals surface area contributed by atoms with E-state index < -0.39 is 11.4 Å². The summed E-state index contributed by atoms with van der Waals surface area (Å²) < 4.78 is 6.28. The zero-order valence-corrected chi connectivity index (χ0v) is 13.5. The molecule has 23 heavy (non-hydrogen) atoms. The smallest absolute Gasteiger partial charge is 0.343 e. The van der Waals surface area contributed by atoms with E-state index in [0.717, 1.165) is 0 Å². The van der Waals surface area contributed by atoms with Crippen LogP contribution in [-0.4, -0.2) is 27.2 Å². The Labute approximate surface area is 140 Å². The summed E-state index contributed by atoms with van der Waals surface area (Å²) in [5.41, 5.74) is 0.643. The lowest BCUT2D eigenvalue weighted by atomic mass is 10.2. The molecule has 3 rings (SSSR count). The minimum absolute atomic E-state index is 0.0849. The molecule has 0 fully saturated rings. The van der Waals surface area contributed by atoms with Gasteiger partial charge < -0.3 is 4.74 Å². The maximum Gasteiger partial charge on any atom is 0.343 e. The van der Waals surface area contributed by atoms with Crippen LogP contribution in [0.25, 0.3) is 16.9 Å². The van der Waals surface area contributed by atoms with Crippen molar-refractivity contribution in [2.45, 2.75) is 6.92 Å². The van der Waals surface area contributed by atoms with Gasteiger partial charge in [0.1, 0.15) is 5.56 Å². The number of aromatic amines is 1. The average molecular weight is 352 g/mol. The minimum Gasteiger partial charge on any atom is -0.462 e. The summed E-state index contributed by atoms with van der Waals surface area (Å²) in [6.45, 7) is 1.85. The van der Waals surface area contributed by atoms with Gasteiger partial charge in [-0.3, -0.25) is 9.89 Å². The average Bonchev–Trinajstić information content (AvgIpc) is 2.92. The molecule has 0 amide bonds. The molecule has 0 aliphatic carbocycles. The molecule has 118 valence electrons. The normalized spacial score (nSPS) is 10.9. The summed E-state index contributed by atoms with van der Waals surface area (Å²) in [4.78, 5) is 28.4. The molecule has 0 saturated carbocycles. The zero-order chi connectivity index (χ0) is 16.6. The van der Waals surface area contributed by atoms with Crippen molar-refractivity contribution in [3.05, 3.63) is 56.4 Å². The molecule has 0 unspecified atom stereocenters. The highest BCUT2D eigenvalue weighted by Crippen LogP contribution is 2.26. The molecule has 0 aliphatic heterocycles. The minimum atomic E-state index is -0.688. The summed E-state index contributed by atoms with van der Waals surface area (Å²) in [5, 5.41) is 3.73. The molecule has 0 saturated heterocycles. The van der Waals surface area contributed by atoms with E-state index in [2.05, 4.69) is 10.1 Å². The standard InChI is InChI=1S/C15H11Cl2N3O3/c1-2-23-15(22)11-6-18-20-7-12(19-14(20)13(11)21)8-3-9(16)5-10(17)4-8/h3-7,18H,2H2,1H3. The first-order chi connectivity index (χ1) is 11.0. The molecular formula is C15H11Cl2N3O3. The van der Waals surface area contributed by atoms with Crippen molar-refractivity contribution in [3.63, 3.8) is 0 Å². The Bertz CT molecular complexity index is 942. The highest BCUT2D eigenvalue weighted by atomic mass is 35.5. The van der Waals surface area contributed by atoms with Crippen molar-refractivity contribution in [2.75, 3.05) is 6.61 Å². The Kier molecular flexibility index (Phi) is 4.11. The van der Waals surface area contributed by atoms with Crippen LogP contribution in [0.5, 0.6) is 0 Å². The third-order valence-electron chi connectivity index (χ3n) is 3.16. The quantitative estimate of drug-likeness (QED) is 0.735. The highest BCUT2D eigenvalue weighted by Gasteiger charge is 2.16. The Morgan fingerprint density at radius 1 is 1.30 bits per heavy atom. The molecule has 8 heteroatoms. The number of hydrogen-bond acceptors (Lipinski definition) is 4. The van der Waals surface area contributed by atoms with Crippen LogP contribution >= 0.6 is 23.2 Å². The van der Waals surface area contributed by atoms with Crippen molar-refractivity contribution in [3.8, 4) is 11.3 Å². The van der Waals surface area contributed by atoms with E-state index in [1.54, 1.807) is 31.3 Å². The topological polar surface area (TPSA) is 76.5 Å². The van der Waals surface area contributed by atoms with Gasteiger partial charge in [-0.15, -0.1) is 0 Å². The summed E-state index contributed by atoms with van der Waals surface area (Å²) in [5.74, 6) is -0.688. The number of ether oxygens (including phenoxy) is 1. The third kappa shape index (κ3) is 2.95. The summed E-state index contributed by atoms with van der Waals surface area (Å²) in [7, 11) is 0. The second kappa shape index (κ2) is 6.06. The van der Waals surface area contributed by atoms with Crippen LogP contribution in [0.1, 0.15) is 17.3 Å². The number of rotatable bonds is 3. The van der Waals surface area contributed by atoms with Crippen LogP contribution in [0.15, 0.2) is 35.4 Å². The maximum absolute atomic E-state index is 12.4. The number of benzene rings is 1. The Morgan fingerprint density at radius 2 is 2.00 bits per heavy atom. The molecule has 1 N–H and O–H groups in total. The van der Waals surface area contributed by atoms with Crippen LogP contribution in [0.3, 0.4) is 0 Å². The summed E-state index contributed by atoms with van der Waals surface area (Å²) >= 11 is 12.0. The lowest BCUT2D eigenvalue weighted by Crippen LogP contribution is -2.20. The number of esters is 1. The van der Waals surface area contributed by atoms with E-state index in [9.17, 15) is 9.59 Å². The molecule has 3 aromatic rings. The first kappa shape index (κ1) is 15.6. The molecule has 2 heterocycles. The largest absolute Gasteiger partial charge is 0.462 e. The van der Waals surface area contributed by atoms with Gasteiger partial charge in [-0.2, -0.15) is 0 Å². The monoisotopic (exact) mass is 351 g/mol. The van der Waals surface area contributed by atoms with Crippen molar-refractivity contribution in [2.24, 2.45) is 0 Å². The number of aromatic nitrogens is 3. The fourth-order valence-corrected chi connectivity index (χ4v) is 2.69. The van der Waals surface area contributed by atoms with E-state index >= 15 is 0 Å². The number of carbonyl (C=O) groups is 1. The number of H-pyrrole nitrogens is 1. The van der Waals surface area contributed by atoms with Gasteiger partial charge in [-0.1, -0.05) is 23.2 Å². The zero-order valence-electron chi connectivity index (χ0n) is 12.0. The van der Waals surface area contributed by atoms with Crippen LogP contribution in [0, 0.1) is 0 Å². The van der Waals surface area contributed by atoms with E-state index in [1.165, 1.54) is 10.7 Å². The lowest BCUT2D eigenvalue weighted by Gasteiger charge is -2.00. The van der Waals surface area contributed by atoms with Crippen molar-refractivity contribution >= 4 is 34.8 Å². The van der Waals surface area contributed by atoms with Crippen molar-refractivity contribution in [1.82, 2.24) is 14.6 Å². The van der Waals surface area contributed by atoms with Gasteiger partial charge in [0, 0.05) is 21.8 Å². The Hall–Kier alpha value is -2.31. The van der Waals surface area contributed by atoms with Gasteiger partial charge in [0.25, 0.3) is 0 Å². The lowest BCUT2D eigenvalue weighted by molar-refractivity contribution is 0.0524. The maximum atomic E-state index is 12.4. The van der Waals surface area contributed by atoms with E-state index in [4.69, 9.17) is 27.9 Å². The predicted molar refractivity (Wildman–Crippen MR) is 87.2 cm³/mol. The highest BCUT2D eigenvalue weighted by molar-refractivity contribution is 6.35. The Balaban J connectivity index is 2.14. The molecule has 6 nitrogen and oxygen atoms in total. The molecule has 0 bridgehead atoms. The van der Waals surface area contributed by atoms with E-state index in [0.29, 0.717) is 21.3 Å². The van der Waals surface area contributed by atoms with Gasteiger partial charge in [0.15, 0.2) is 0 Å². The molecule has 0 radical (unpaired) electrons. The molecule has 0 aliphatic rings. The van der Waals surface area contributed by atoms with Gasteiger partial charge in [-0.05, 0) is 25.1 Å². The first-order valence-corrected chi connectivity index (χ1v) is 7.49. The molecular weight excluding hydrogens is 341 g/mol. The number of nitrogens with one attached hydrogen (secondary N) is 1. The fourth-order valence-electron chi connectivity index (χ4n) is 2.16. The van der Waals surface area contributed by atoms with Crippen LogP contribution in [0.2, 0.25) is 10.0 Å². The number of imidazole rings is 1. The van der Waals surface area contributed by atoms with Crippen LogP contribution in [0.4, 0.5) is 0 Å². The number of hydrogen-bond donors (Lipinski definition) is 1. The number of carbonyl (C=O) groups excluding carboxylic acids is 1. The third-order valence-corrected chi connectivity index (χ3v) is 3.59. The van der Waals surface area contributed by atoms with E-state index in [1.807, 2.05) is 0 Å². The second-order valence-electron chi connectivity index (χ2n) is 4.71. The van der Waals surface area contributed by atoms with Crippen LogP contribution in [-0.2, 0) is 4.74 Å². The van der Waals surface area contributed by atoms with Gasteiger partial charge in [0.2, 0.25) is 11.1 Å². The number of fused-ring (bicyclic) bond motifs is 1. The fraction of sp³-hybridized carbons (Fsp3) is 0.133. The number of nitrogens with zero attached hydrogens (tertiary/aromatic N) is 2. The number of halogens is 2. The summed E-state index contributed by atoms with van der Waals surface area (Å²) in [6, 6.07) is 4.98. The SMILES string of the molecule is CCOC(=O)c1c[nH]n2cc(-c3cc(Cl)cc(Cl)c3)nc2c1=O. The van der Waals surface area contributed by atoms with Crippen LogP contribution < -0.4 is 5.43 Å². The van der Waals surface area contributed by atoms with Gasteiger partial charge in [0.05, 0.1) is 18.5 Å². The summed E-state index contributed by atoms with van der Waals surface area (Å²) in [6.07, 6.45) is 2.91. The van der Waals surface area contributed by atoms with Gasteiger partial charge in [-0.25, -0.2) is 14.3 Å². The molecule has 0 spiro atoms. The second-order valence-corrected chi connectivity index (χ2v) is 5.59. The molecule has 2 aromatic heterocycles. The molecule has 1 aromatic carbocycles. The first-order valence-electron chi connectivity index (χ1n) is 6.74. The predicted octanol–water partition coefficient (Wildman–Crippen LogP) is 3.17. The van der Waals surface area contributed by atoms with E-state index in [-0.39, 0.29) is 17.8 Å². The molecule has 0 atom stereocenters. The Morgan fingerprint density at radius 3 is 2.65 bits per heavy atom. The van der Waals surface area contributed by atoms with Crippen molar-refractivity contribution in [1.29, 1.82) is 0 Å².